The van der Waals surface area contributed by atoms with E-state index in [-0.39, 0.29) is 11.2 Å². The van der Waals surface area contributed by atoms with Gasteiger partial charge in [0, 0.05) is 13.0 Å². The minimum absolute atomic E-state index is 0.0256. The molecule has 4 nitrogen and oxygen atoms in total. The van der Waals surface area contributed by atoms with E-state index >= 15 is 0 Å². The maximum absolute atomic E-state index is 12.5. The third-order valence-electron chi connectivity index (χ3n) is 4.08. The molecule has 1 saturated carbocycles. The zero-order valence-electron chi connectivity index (χ0n) is 13.3. The van der Waals surface area contributed by atoms with Gasteiger partial charge in [0.2, 0.25) is 5.91 Å². The van der Waals surface area contributed by atoms with Crippen molar-refractivity contribution >= 4 is 15.7 Å². The van der Waals surface area contributed by atoms with Gasteiger partial charge in [0.1, 0.15) is 0 Å². The van der Waals surface area contributed by atoms with Crippen molar-refractivity contribution in [3.8, 4) is 0 Å². The van der Waals surface area contributed by atoms with Crippen LogP contribution in [0, 0.1) is 5.92 Å². The lowest BCUT2D eigenvalue weighted by atomic mass is 10.1. The molecular formula is C17H25NO3S. The van der Waals surface area contributed by atoms with E-state index in [0.717, 1.165) is 31.2 Å². The van der Waals surface area contributed by atoms with E-state index in [1.54, 1.807) is 24.3 Å². The minimum atomic E-state index is -3.19. The summed E-state index contributed by atoms with van der Waals surface area (Å²) >= 11 is 0. The summed E-state index contributed by atoms with van der Waals surface area (Å²) in [5.74, 6) is 0.358. The van der Waals surface area contributed by atoms with Gasteiger partial charge in [0.15, 0.2) is 9.84 Å². The number of nitrogens with one attached hydrogen (secondary N) is 1. The molecule has 1 aromatic rings. The second kappa shape index (κ2) is 7.27. The van der Waals surface area contributed by atoms with Gasteiger partial charge in [-0.1, -0.05) is 38.8 Å². The molecule has 0 bridgehead atoms. The molecule has 0 radical (unpaired) electrons. The molecule has 0 aliphatic heterocycles. The molecule has 0 saturated heterocycles. The normalized spacial score (nSPS) is 16.1. The van der Waals surface area contributed by atoms with E-state index in [4.69, 9.17) is 0 Å². The number of carbonyl (C=O) groups is 1. The Balaban J connectivity index is 1.97. The molecule has 1 aromatic carbocycles. The van der Waals surface area contributed by atoms with Crippen LogP contribution in [0.3, 0.4) is 0 Å². The fourth-order valence-corrected chi connectivity index (χ4v) is 4.69. The molecule has 0 spiro atoms. The van der Waals surface area contributed by atoms with E-state index in [2.05, 4.69) is 5.32 Å². The van der Waals surface area contributed by atoms with Gasteiger partial charge in [-0.2, -0.15) is 0 Å². The zero-order valence-corrected chi connectivity index (χ0v) is 14.2. The van der Waals surface area contributed by atoms with Gasteiger partial charge in [0.05, 0.1) is 10.1 Å². The predicted octanol–water partition coefficient (Wildman–Crippen LogP) is 3.07. The molecule has 2 rings (SSSR count). The Morgan fingerprint density at radius 3 is 2.32 bits per heavy atom. The van der Waals surface area contributed by atoms with Crippen molar-refractivity contribution < 1.29 is 13.2 Å². The summed E-state index contributed by atoms with van der Waals surface area (Å²) < 4.78 is 24.9. The number of amides is 1. The van der Waals surface area contributed by atoms with Crippen LogP contribution in [0.25, 0.3) is 0 Å². The van der Waals surface area contributed by atoms with E-state index in [0.29, 0.717) is 23.8 Å². The van der Waals surface area contributed by atoms with Crippen molar-refractivity contribution in [2.24, 2.45) is 5.92 Å². The molecule has 1 aliphatic rings. The average molecular weight is 323 g/mol. The molecule has 0 aromatic heterocycles. The first-order valence-corrected chi connectivity index (χ1v) is 9.54. The van der Waals surface area contributed by atoms with Crippen molar-refractivity contribution in [3.63, 3.8) is 0 Å². The fraction of sp³-hybridized carbons (Fsp3) is 0.588. The summed E-state index contributed by atoms with van der Waals surface area (Å²) in [5, 5.41) is 2.64. The van der Waals surface area contributed by atoms with Crippen LogP contribution in [0.5, 0.6) is 0 Å². The number of rotatable bonds is 6. The first kappa shape index (κ1) is 17.0. The summed E-state index contributed by atoms with van der Waals surface area (Å²) in [6.45, 7) is 4.44. The number of sulfone groups is 1. The molecule has 1 aliphatic carbocycles. The topological polar surface area (TPSA) is 63.2 Å². The molecule has 1 fully saturated rings. The third-order valence-corrected chi connectivity index (χ3v) is 6.35. The van der Waals surface area contributed by atoms with Gasteiger partial charge in [-0.3, -0.25) is 4.79 Å². The molecule has 5 heteroatoms. The van der Waals surface area contributed by atoms with E-state index in [9.17, 15) is 13.2 Å². The molecule has 0 heterocycles. The lowest BCUT2D eigenvalue weighted by molar-refractivity contribution is -0.121. The monoisotopic (exact) mass is 323 g/mol. The van der Waals surface area contributed by atoms with Gasteiger partial charge in [-0.05, 0) is 36.5 Å². The Hall–Kier alpha value is -1.36. The van der Waals surface area contributed by atoms with Gasteiger partial charge in [-0.15, -0.1) is 0 Å². The Morgan fingerprint density at radius 2 is 1.77 bits per heavy atom. The molecule has 22 heavy (non-hydrogen) atoms. The van der Waals surface area contributed by atoms with Crippen LogP contribution in [-0.4, -0.2) is 19.6 Å². The van der Waals surface area contributed by atoms with Crippen LogP contribution in [0.4, 0.5) is 0 Å². The number of hydrogen-bond donors (Lipinski definition) is 1. The first-order chi connectivity index (χ1) is 10.4. The Bertz CT molecular complexity index is 599. The number of carbonyl (C=O) groups excluding carboxylic acids is 1. The van der Waals surface area contributed by atoms with E-state index < -0.39 is 9.84 Å². The van der Waals surface area contributed by atoms with Crippen LogP contribution in [-0.2, 0) is 21.2 Å². The van der Waals surface area contributed by atoms with Crippen LogP contribution < -0.4 is 5.32 Å². The van der Waals surface area contributed by atoms with Gasteiger partial charge in [0.25, 0.3) is 0 Å². The number of hydrogen-bond acceptors (Lipinski definition) is 3. The van der Waals surface area contributed by atoms with Gasteiger partial charge in [-0.25, -0.2) is 8.42 Å². The smallest absolute Gasteiger partial charge is 0.220 e. The maximum atomic E-state index is 12.5. The SMILES string of the molecule is CC(C)CC(=O)NCc1ccc(S(=O)(=O)C2CCCC2)cc1. The largest absolute Gasteiger partial charge is 0.352 e. The lowest BCUT2D eigenvalue weighted by Gasteiger charge is -2.12. The summed E-state index contributed by atoms with van der Waals surface area (Å²) in [6, 6.07) is 6.91. The molecule has 0 unspecified atom stereocenters. The van der Waals surface area contributed by atoms with Crippen LogP contribution >= 0.6 is 0 Å². The highest BCUT2D eigenvalue weighted by atomic mass is 32.2. The minimum Gasteiger partial charge on any atom is -0.352 e. The van der Waals surface area contributed by atoms with Crippen molar-refractivity contribution in [3.05, 3.63) is 29.8 Å². The van der Waals surface area contributed by atoms with Crippen LogP contribution in [0.15, 0.2) is 29.2 Å². The molecule has 1 amide bonds. The second-order valence-electron chi connectivity index (χ2n) is 6.47. The lowest BCUT2D eigenvalue weighted by Crippen LogP contribution is -2.24. The predicted molar refractivity (Wildman–Crippen MR) is 87.2 cm³/mol. The molecule has 0 atom stereocenters. The van der Waals surface area contributed by atoms with Gasteiger partial charge >= 0.3 is 0 Å². The Labute approximate surface area is 133 Å². The quantitative estimate of drug-likeness (QED) is 0.875. The average Bonchev–Trinajstić information content (AvgIpc) is 3.00. The summed E-state index contributed by atoms with van der Waals surface area (Å²) in [4.78, 5) is 12.0. The summed E-state index contributed by atoms with van der Waals surface area (Å²) in [5.41, 5.74) is 0.919. The summed E-state index contributed by atoms with van der Waals surface area (Å²) in [7, 11) is -3.19. The van der Waals surface area contributed by atoms with Crippen molar-refractivity contribution in [2.45, 2.75) is 62.6 Å². The van der Waals surface area contributed by atoms with E-state index in [1.165, 1.54) is 0 Å². The van der Waals surface area contributed by atoms with Crippen molar-refractivity contribution in [2.75, 3.05) is 0 Å². The Kier molecular flexibility index (Phi) is 5.62. The van der Waals surface area contributed by atoms with Crippen LogP contribution in [0.1, 0.15) is 51.5 Å². The highest BCUT2D eigenvalue weighted by Gasteiger charge is 2.29. The standard InChI is InChI=1S/C17H25NO3S/c1-13(2)11-17(19)18-12-14-7-9-16(10-8-14)22(20,21)15-5-3-4-6-15/h7-10,13,15H,3-6,11-12H2,1-2H3,(H,18,19). The molecular weight excluding hydrogens is 298 g/mol. The van der Waals surface area contributed by atoms with Crippen molar-refractivity contribution in [1.82, 2.24) is 5.32 Å². The molecule has 1 N–H and O–H groups in total. The maximum Gasteiger partial charge on any atom is 0.220 e. The number of benzene rings is 1. The van der Waals surface area contributed by atoms with Gasteiger partial charge < -0.3 is 5.32 Å². The second-order valence-corrected chi connectivity index (χ2v) is 8.70. The fourth-order valence-electron chi connectivity index (χ4n) is 2.83. The highest BCUT2D eigenvalue weighted by Crippen LogP contribution is 2.29. The first-order valence-electron chi connectivity index (χ1n) is 7.99. The highest BCUT2D eigenvalue weighted by molar-refractivity contribution is 7.92. The Morgan fingerprint density at radius 1 is 1.18 bits per heavy atom. The zero-order chi connectivity index (χ0) is 16.2. The third kappa shape index (κ3) is 4.32. The summed E-state index contributed by atoms with van der Waals surface area (Å²) in [6.07, 6.45) is 4.06. The van der Waals surface area contributed by atoms with Crippen molar-refractivity contribution in [1.29, 1.82) is 0 Å². The van der Waals surface area contributed by atoms with Crippen LogP contribution in [0.2, 0.25) is 0 Å². The van der Waals surface area contributed by atoms with E-state index in [1.807, 2.05) is 13.8 Å². The molecule has 122 valence electrons.